The zero-order valence-electron chi connectivity index (χ0n) is 13.0. The number of rotatable bonds is 2. The molecule has 1 aliphatic heterocycles. The Labute approximate surface area is 112 Å². The van der Waals surface area contributed by atoms with Crippen LogP contribution in [0.1, 0.15) is 54.4 Å². The molecule has 106 valence electrons. The van der Waals surface area contributed by atoms with Gasteiger partial charge in [-0.25, -0.2) is 0 Å². The number of hydrogen-bond donors (Lipinski definition) is 1. The lowest BCUT2D eigenvalue weighted by atomic mass is 9.91. The SMILES string of the molecule is CC(C)(C)CNC(=O)C1CCN(C(C)(C)C)CC1. The van der Waals surface area contributed by atoms with Gasteiger partial charge in [-0.05, 0) is 52.1 Å². The first kappa shape index (κ1) is 15.5. The van der Waals surface area contributed by atoms with Crippen LogP contribution in [-0.4, -0.2) is 36.0 Å². The number of piperidine rings is 1. The number of carbonyl (C=O) groups is 1. The summed E-state index contributed by atoms with van der Waals surface area (Å²) in [5.74, 6) is 0.462. The normalized spacial score (nSPS) is 19.9. The highest BCUT2D eigenvalue weighted by Crippen LogP contribution is 2.24. The largest absolute Gasteiger partial charge is 0.355 e. The maximum atomic E-state index is 12.1. The summed E-state index contributed by atoms with van der Waals surface area (Å²) in [6, 6.07) is 0. The van der Waals surface area contributed by atoms with Gasteiger partial charge >= 0.3 is 0 Å². The van der Waals surface area contributed by atoms with Crippen molar-refractivity contribution in [2.24, 2.45) is 11.3 Å². The van der Waals surface area contributed by atoms with E-state index >= 15 is 0 Å². The fourth-order valence-corrected chi connectivity index (χ4v) is 2.31. The standard InChI is InChI=1S/C15H30N2O/c1-14(2,3)11-16-13(18)12-7-9-17(10-8-12)15(4,5)6/h12H,7-11H2,1-6H3,(H,16,18). The van der Waals surface area contributed by atoms with Gasteiger partial charge in [0.25, 0.3) is 0 Å². The van der Waals surface area contributed by atoms with Gasteiger partial charge in [0, 0.05) is 18.0 Å². The molecule has 0 aromatic carbocycles. The molecule has 1 saturated heterocycles. The molecule has 3 heteroatoms. The Morgan fingerprint density at radius 2 is 1.61 bits per heavy atom. The number of nitrogens with zero attached hydrogens (tertiary/aromatic N) is 1. The number of likely N-dealkylation sites (tertiary alicyclic amines) is 1. The zero-order valence-corrected chi connectivity index (χ0v) is 13.0. The van der Waals surface area contributed by atoms with Gasteiger partial charge in [0.2, 0.25) is 5.91 Å². The summed E-state index contributed by atoms with van der Waals surface area (Å²) in [6.07, 6.45) is 1.99. The van der Waals surface area contributed by atoms with Crippen molar-refractivity contribution < 1.29 is 4.79 Å². The first-order valence-electron chi connectivity index (χ1n) is 7.12. The highest BCUT2D eigenvalue weighted by atomic mass is 16.1. The van der Waals surface area contributed by atoms with Crippen molar-refractivity contribution >= 4 is 5.91 Å². The monoisotopic (exact) mass is 254 g/mol. The molecule has 1 amide bonds. The number of amides is 1. The summed E-state index contributed by atoms with van der Waals surface area (Å²) in [6.45, 7) is 16.0. The third kappa shape index (κ3) is 4.97. The van der Waals surface area contributed by atoms with E-state index < -0.39 is 0 Å². The number of carbonyl (C=O) groups excluding carboxylic acids is 1. The minimum atomic E-state index is 0.168. The first-order valence-corrected chi connectivity index (χ1v) is 7.12. The molecule has 1 N–H and O–H groups in total. The molecular weight excluding hydrogens is 224 g/mol. The molecule has 0 unspecified atom stereocenters. The molecule has 0 atom stereocenters. The van der Waals surface area contributed by atoms with Crippen molar-refractivity contribution in [3.05, 3.63) is 0 Å². The fraction of sp³-hybridized carbons (Fsp3) is 0.933. The Balaban J connectivity index is 2.37. The highest BCUT2D eigenvalue weighted by molar-refractivity contribution is 5.78. The second-order valence-corrected chi connectivity index (χ2v) is 7.71. The van der Waals surface area contributed by atoms with Gasteiger partial charge in [-0.3, -0.25) is 9.69 Å². The number of hydrogen-bond acceptors (Lipinski definition) is 2. The molecule has 3 nitrogen and oxygen atoms in total. The van der Waals surface area contributed by atoms with Crippen LogP contribution in [0.15, 0.2) is 0 Å². The first-order chi connectivity index (χ1) is 8.09. The van der Waals surface area contributed by atoms with Crippen LogP contribution in [0, 0.1) is 11.3 Å². The van der Waals surface area contributed by atoms with E-state index in [9.17, 15) is 4.79 Å². The smallest absolute Gasteiger partial charge is 0.223 e. The molecule has 0 bridgehead atoms. The van der Waals surface area contributed by atoms with E-state index in [1.807, 2.05) is 0 Å². The molecule has 0 spiro atoms. The highest BCUT2D eigenvalue weighted by Gasteiger charge is 2.30. The Bertz CT molecular complexity index is 278. The van der Waals surface area contributed by atoms with Gasteiger partial charge in [-0.2, -0.15) is 0 Å². The second kappa shape index (κ2) is 5.60. The van der Waals surface area contributed by atoms with E-state index in [0.717, 1.165) is 32.5 Å². The summed E-state index contributed by atoms with van der Waals surface area (Å²) in [5, 5.41) is 3.09. The topological polar surface area (TPSA) is 32.3 Å². The molecule has 1 fully saturated rings. The predicted octanol–water partition coefficient (Wildman–Crippen LogP) is 2.66. The molecule has 18 heavy (non-hydrogen) atoms. The van der Waals surface area contributed by atoms with Crippen LogP contribution < -0.4 is 5.32 Å². The second-order valence-electron chi connectivity index (χ2n) is 7.71. The van der Waals surface area contributed by atoms with Crippen LogP contribution >= 0.6 is 0 Å². The van der Waals surface area contributed by atoms with Crippen LogP contribution in [-0.2, 0) is 4.79 Å². The zero-order chi connectivity index (χ0) is 14.0. The van der Waals surface area contributed by atoms with Crippen LogP contribution in [0.2, 0.25) is 0 Å². The van der Waals surface area contributed by atoms with Crippen molar-refractivity contribution in [2.75, 3.05) is 19.6 Å². The van der Waals surface area contributed by atoms with E-state index in [1.54, 1.807) is 0 Å². The molecule has 1 rings (SSSR count). The van der Waals surface area contributed by atoms with Gasteiger partial charge in [0.05, 0.1) is 0 Å². The molecular formula is C15H30N2O. The van der Waals surface area contributed by atoms with Crippen molar-refractivity contribution in [1.29, 1.82) is 0 Å². The third-order valence-corrected chi connectivity index (χ3v) is 3.61. The Morgan fingerprint density at radius 3 is 2.00 bits per heavy atom. The lowest BCUT2D eigenvalue weighted by Crippen LogP contribution is -2.48. The summed E-state index contributed by atoms with van der Waals surface area (Å²) < 4.78 is 0. The van der Waals surface area contributed by atoms with Crippen molar-refractivity contribution in [2.45, 2.75) is 59.9 Å². The third-order valence-electron chi connectivity index (χ3n) is 3.61. The predicted molar refractivity (Wildman–Crippen MR) is 76.5 cm³/mol. The van der Waals surface area contributed by atoms with E-state index in [1.165, 1.54) is 0 Å². The average Bonchev–Trinajstić information content (AvgIpc) is 2.24. The molecule has 0 saturated carbocycles. The quantitative estimate of drug-likeness (QED) is 0.821. The minimum Gasteiger partial charge on any atom is -0.355 e. The van der Waals surface area contributed by atoms with E-state index in [0.29, 0.717) is 0 Å². The van der Waals surface area contributed by atoms with Gasteiger partial charge < -0.3 is 5.32 Å². The summed E-state index contributed by atoms with van der Waals surface area (Å²) in [5.41, 5.74) is 0.397. The molecule has 0 radical (unpaired) electrons. The summed E-state index contributed by atoms with van der Waals surface area (Å²) >= 11 is 0. The van der Waals surface area contributed by atoms with E-state index in [-0.39, 0.29) is 22.8 Å². The fourth-order valence-electron chi connectivity index (χ4n) is 2.31. The van der Waals surface area contributed by atoms with Crippen LogP contribution in [0.5, 0.6) is 0 Å². The van der Waals surface area contributed by atoms with E-state index in [4.69, 9.17) is 0 Å². The Morgan fingerprint density at radius 1 is 1.11 bits per heavy atom. The molecule has 0 aliphatic carbocycles. The van der Waals surface area contributed by atoms with Gasteiger partial charge in [0.15, 0.2) is 0 Å². The lowest BCUT2D eigenvalue weighted by molar-refractivity contribution is -0.127. The summed E-state index contributed by atoms with van der Waals surface area (Å²) in [4.78, 5) is 14.5. The van der Waals surface area contributed by atoms with Gasteiger partial charge in [-0.1, -0.05) is 20.8 Å². The van der Waals surface area contributed by atoms with Gasteiger partial charge in [0.1, 0.15) is 0 Å². The van der Waals surface area contributed by atoms with E-state index in [2.05, 4.69) is 51.8 Å². The number of nitrogens with one attached hydrogen (secondary N) is 1. The molecule has 0 aromatic rings. The molecule has 0 aromatic heterocycles. The minimum absolute atomic E-state index is 0.168. The maximum Gasteiger partial charge on any atom is 0.223 e. The van der Waals surface area contributed by atoms with Crippen LogP contribution in [0.25, 0.3) is 0 Å². The maximum absolute atomic E-state index is 12.1. The Hall–Kier alpha value is -0.570. The van der Waals surface area contributed by atoms with Crippen molar-refractivity contribution in [3.63, 3.8) is 0 Å². The Kier molecular flexibility index (Phi) is 4.82. The molecule has 1 heterocycles. The molecule has 1 aliphatic rings. The summed E-state index contributed by atoms with van der Waals surface area (Å²) in [7, 11) is 0. The van der Waals surface area contributed by atoms with Crippen LogP contribution in [0.4, 0.5) is 0 Å². The lowest BCUT2D eigenvalue weighted by Gasteiger charge is -2.40. The average molecular weight is 254 g/mol. The van der Waals surface area contributed by atoms with Crippen molar-refractivity contribution in [1.82, 2.24) is 10.2 Å². The van der Waals surface area contributed by atoms with Gasteiger partial charge in [-0.15, -0.1) is 0 Å². The van der Waals surface area contributed by atoms with Crippen molar-refractivity contribution in [3.8, 4) is 0 Å². The van der Waals surface area contributed by atoms with Crippen LogP contribution in [0.3, 0.4) is 0 Å².